The zero-order valence-corrected chi connectivity index (χ0v) is 10.3. The van der Waals surface area contributed by atoms with Gasteiger partial charge < -0.3 is 4.90 Å². The molecule has 0 aliphatic carbocycles. The lowest BCUT2D eigenvalue weighted by molar-refractivity contribution is 0.579. The van der Waals surface area contributed by atoms with Crippen LogP contribution in [0.15, 0.2) is 30.3 Å². The fraction of sp³-hybridized carbons (Fsp3) is 0.333. The van der Waals surface area contributed by atoms with Gasteiger partial charge in [0.1, 0.15) is 11.8 Å². The van der Waals surface area contributed by atoms with Crippen molar-refractivity contribution in [3.05, 3.63) is 36.0 Å². The number of nitriles is 1. The van der Waals surface area contributed by atoms with Gasteiger partial charge in [0, 0.05) is 24.2 Å². The van der Waals surface area contributed by atoms with E-state index in [4.69, 9.17) is 5.26 Å². The zero-order valence-electron chi connectivity index (χ0n) is 10.3. The number of hydrogen-bond acceptors (Lipinski definition) is 3. The van der Waals surface area contributed by atoms with Crippen LogP contribution in [0.25, 0.3) is 10.9 Å². The molecule has 2 heterocycles. The van der Waals surface area contributed by atoms with Crippen molar-refractivity contribution in [2.45, 2.75) is 19.3 Å². The Bertz CT molecular complexity index is 607. The maximum absolute atomic E-state index is 8.89. The summed E-state index contributed by atoms with van der Waals surface area (Å²) in [7, 11) is 0. The molecule has 18 heavy (non-hydrogen) atoms. The van der Waals surface area contributed by atoms with E-state index in [0.717, 1.165) is 24.0 Å². The lowest BCUT2D eigenvalue weighted by Crippen LogP contribution is -2.29. The topological polar surface area (TPSA) is 39.9 Å². The van der Waals surface area contributed by atoms with Gasteiger partial charge in [0.05, 0.1) is 5.52 Å². The second kappa shape index (κ2) is 4.66. The van der Waals surface area contributed by atoms with Gasteiger partial charge in [0.2, 0.25) is 0 Å². The summed E-state index contributed by atoms with van der Waals surface area (Å²) in [4.78, 5) is 6.79. The highest BCUT2D eigenvalue weighted by Gasteiger charge is 2.13. The molecule has 3 heteroatoms. The third-order valence-electron chi connectivity index (χ3n) is 3.52. The van der Waals surface area contributed by atoms with Crippen molar-refractivity contribution in [1.29, 1.82) is 5.26 Å². The summed E-state index contributed by atoms with van der Waals surface area (Å²) in [5.74, 6) is 0. The molecule has 1 fully saturated rings. The number of pyridine rings is 1. The molecule has 0 amide bonds. The minimum atomic E-state index is 0.485. The number of hydrogen-bond donors (Lipinski definition) is 0. The Morgan fingerprint density at radius 3 is 2.67 bits per heavy atom. The van der Waals surface area contributed by atoms with E-state index in [0.29, 0.717) is 5.69 Å². The van der Waals surface area contributed by atoms with Crippen LogP contribution in [-0.4, -0.2) is 18.1 Å². The summed E-state index contributed by atoms with van der Waals surface area (Å²) in [5, 5.41) is 10.0. The highest BCUT2D eigenvalue weighted by atomic mass is 15.1. The van der Waals surface area contributed by atoms with Crippen LogP contribution in [0.2, 0.25) is 0 Å². The zero-order chi connectivity index (χ0) is 12.4. The third-order valence-corrected chi connectivity index (χ3v) is 3.52. The van der Waals surface area contributed by atoms with E-state index < -0.39 is 0 Å². The molecule has 0 radical (unpaired) electrons. The molecule has 3 rings (SSSR count). The van der Waals surface area contributed by atoms with Gasteiger partial charge in [0.15, 0.2) is 0 Å². The van der Waals surface area contributed by atoms with Crippen LogP contribution < -0.4 is 4.90 Å². The maximum atomic E-state index is 8.89. The molecule has 3 nitrogen and oxygen atoms in total. The lowest BCUT2D eigenvalue weighted by atomic mass is 10.1. The third kappa shape index (κ3) is 1.91. The quantitative estimate of drug-likeness (QED) is 0.765. The van der Waals surface area contributed by atoms with Crippen molar-refractivity contribution in [3.8, 4) is 6.07 Å². The van der Waals surface area contributed by atoms with Crippen LogP contribution in [-0.2, 0) is 0 Å². The average molecular weight is 237 g/mol. The Balaban J connectivity index is 2.09. The number of anilines is 1. The van der Waals surface area contributed by atoms with E-state index in [9.17, 15) is 0 Å². The van der Waals surface area contributed by atoms with Gasteiger partial charge in [-0.25, -0.2) is 4.98 Å². The molecule has 0 spiro atoms. The van der Waals surface area contributed by atoms with Gasteiger partial charge in [-0.2, -0.15) is 5.26 Å². The Kier molecular flexibility index (Phi) is 2.85. The standard InChI is InChI=1S/C15H15N3/c16-11-12-7-8-13-14(17-12)5-4-6-15(13)18-9-2-1-3-10-18/h4-8H,1-3,9-10H2. The highest BCUT2D eigenvalue weighted by molar-refractivity contribution is 5.92. The first-order chi connectivity index (χ1) is 8.88. The Labute approximate surface area is 107 Å². The first kappa shape index (κ1) is 11.0. The van der Waals surface area contributed by atoms with Crippen LogP contribution >= 0.6 is 0 Å². The minimum Gasteiger partial charge on any atom is -0.371 e. The fourth-order valence-electron chi connectivity index (χ4n) is 2.61. The summed E-state index contributed by atoms with van der Waals surface area (Å²) >= 11 is 0. The second-order valence-electron chi connectivity index (χ2n) is 4.70. The highest BCUT2D eigenvalue weighted by Crippen LogP contribution is 2.28. The first-order valence-electron chi connectivity index (χ1n) is 6.43. The van der Waals surface area contributed by atoms with Crippen LogP contribution in [0.4, 0.5) is 5.69 Å². The molecule has 1 saturated heterocycles. The Morgan fingerprint density at radius 1 is 1.06 bits per heavy atom. The number of nitrogens with zero attached hydrogens (tertiary/aromatic N) is 3. The molecule has 0 bridgehead atoms. The first-order valence-corrected chi connectivity index (χ1v) is 6.43. The van der Waals surface area contributed by atoms with Crippen molar-refractivity contribution in [2.24, 2.45) is 0 Å². The number of rotatable bonds is 1. The van der Waals surface area contributed by atoms with Gasteiger partial charge in [-0.15, -0.1) is 0 Å². The van der Waals surface area contributed by atoms with Gasteiger partial charge in [-0.05, 0) is 43.5 Å². The molecule has 0 saturated carbocycles. The van der Waals surface area contributed by atoms with Gasteiger partial charge in [-0.1, -0.05) is 6.07 Å². The SMILES string of the molecule is N#Cc1ccc2c(N3CCCCC3)cccc2n1. The summed E-state index contributed by atoms with van der Waals surface area (Å²) in [5.41, 5.74) is 2.65. The second-order valence-corrected chi connectivity index (χ2v) is 4.70. The summed E-state index contributed by atoms with van der Waals surface area (Å²) < 4.78 is 0. The molecule has 1 aromatic carbocycles. The van der Waals surface area contributed by atoms with Crippen molar-refractivity contribution >= 4 is 16.6 Å². The summed E-state index contributed by atoms with van der Waals surface area (Å²) in [6, 6.07) is 12.1. The van der Waals surface area contributed by atoms with Gasteiger partial charge >= 0.3 is 0 Å². The Hall–Kier alpha value is -2.08. The Morgan fingerprint density at radius 2 is 1.89 bits per heavy atom. The van der Waals surface area contributed by atoms with Crippen LogP contribution in [0, 0.1) is 11.3 Å². The lowest BCUT2D eigenvalue weighted by Gasteiger charge is -2.29. The van der Waals surface area contributed by atoms with Crippen LogP contribution in [0.5, 0.6) is 0 Å². The number of benzene rings is 1. The number of aromatic nitrogens is 1. The van der Waals surface area contributed by atoms with E-state index in [2.05, 4.69) is 22.0 Å². The predicted molar refractivity (Wildman–Crippen MR) is 72.5 cm³/mol. The van der Waals surface area contributed by atoms with E-state index in [1.54, 1.807) is 6.07 Å². The minimum absolute atomic E-state index is 0.485. The van der Waals surface area contributed by atoms with E-state index in [1.165, 1.54) is 24.9 Å². The maximum Gasteiger partial charge on any atom is 0.141 e. The van der Waals surface area contributed by atoms with Crippen LogP contribution in [0.1, 0.15) is 25.0 Å². The smallest absolute Gasteiger partial charge is 0.141 e. The molecule has 0 atom stereocenters. The molecule has 1 aliphatic heterocycles. The van der Waals surface area contributed by atoms with Gasteiger partial charge in [-0.3, -0.25) is 0 Å². The van der Waals surface area contributed by atoms with Crippen LogP contribution in [0.3, 0.4) is 0 Å². The average Bonchev–Trinajstić information content (AvgIpc) is 2.47. The largest absolute Gasteiger partial charge is 0.371 e. The molecule has 1 aliphatic rings. The number of piperidine rings is 1. The number of fused-ring (bicyclic) bond motifs is 1. The monoisotopic (exact) mass is 237 g/mol. The molecule has 1 aromatic heterocycles. The van der Waals surface area contributed by atoms with Crippen molar-refractivity contribution in [3.63, 3.8) is 0 Å². The van der Waals surface area contributed by atoms with E-state index in [1.807, 2.05) is 18.2 Å². The predicted octanol–water partition coefficient (Wildman–Crippen LogP) is 3.10. The molecule has 90 valence electrons. The molecule has 0 N–H and O–H groups in total. The molecular formula is C15H15N3. The van der Waals surface area contributed by atoms with Crippen molar-refractivity contribution in [1.82, 2.24) is 4.98 Å². The van der Waals surface area contributed by atoms with Gasteiger partial charge in [0.25, 0.3) is 0 Å². The van der Waals surface area contributed by atoms with Crippen molar-refractivity contribution < 1.29 is 0 Å². The molecule has 0 unspecified atom stereocenters. The summed E-state index contributed by atoms with van der Waals surface area (Å²) in [6.07, 6.45) is 3.86. The van der Waals surface area contributed by atoms with E-state index in [-0.39, 0.29) is 0 Å². The normalized spacial score (nSPS) is 15.6. The fourth-order valence-corrected chi connectivity index (χ4v) is 2.61. The molecule has 2 aromatic rings. The van der Waals surface area contributed by atoms with Crippen molar-refractivity contribution in [2.75, 3.05) is 18.0 Å². The van der Waals surface area contributed by atoms with E-state index >= 15 is 0 Å². The summed E-state index contributed by atoms with van der Waals surface area (Å²) in [6.45, 7) is 2.25. The molecular weight excluding hydrogens is 222 g/mol.